The van der Waals surface area contributed by atoms with Gasteiger partial charge >= 0.3 is 0 Å². The van der Waals surface area contributed by atoms with E-state index in [1.807, 2.05) is 20.8 Å². The van der Waals surface area contributed by atoms with Crippen LogP contribution in [-0.2, 0) is 9.84 Å². The topological polar surface area (TPSA) is 54.4 Å². The fourth-order valence-electron chi connectivity index (χ4n) is 1.93. The van der Waals surface area contributed by atoms with Crippen molar-refractivity contribution in [2.45, 2.75) is 50.4 Å². The molecule has 0 bridgehead atoms. The zero-order valence-corrected chi connectivity index (χ0v) is 12.2. The van der Waals surface area contributed by atoms with Crippen LogP contribution in [0.5, 0.6) is 0 Å². The third-order valence-electron chi connectivity index (χ3n) is 2.82. The van der Waals surface area contributed by atoms with Gasteiger partial charge in [-0.1, -0.05) is 39.0 Å². The number of sulfone groups is 1. The third kappa shape index (κ3) is 3.82. The minimum atomic E-state index is -3.48. The number of hydrogen-bond donors (Lipinski definition) is 1. The van der Waals surface area contributed by atoms with E-state index in [0.29, 0.717) is 6.42 Å². The summed E-state index contributed by atoms with van der Waals surface area (Å²) in [7, 11) is -3.48. The van der Waals surface area contributed by atoms with E-state index in [9.17, 15) is 13.5 Å². The molecule has 1 N–H and O–H groups in total. The highest BCUT2D eigenvalue weighted by Gasteiger charge is 2.34. The second-order valence-electron chi connectivity index (χ2n) is 5.90. The molecule has 0 unspecified atom stereocenters. The van der Waals surface area contributed by atoms with Crippen LogP contribution in [0.3, 0.4) is 0 Å². The van der Waals surface area contributed by atoms with E-state index < -0.39 is 21.2 Å². The summed E-state index contributed by atoms with van der Waals surface area (Å²) in [5, 5.41) is 9.03. The second-order valence-corrected chi connectivity index (χ2v) is 8.07. The van der Waals surface area contributed by atoms with Crippen LogP contribution >= 0.6 is 0 Å². The molecule has 0 saturated carbocycles. The minimum Gasteiger partial charge on any atom is -0.392 e. The zero-order valence-electron chi connectivity index (χ0n) is 11.4. The first-order valence-corrected chi connectivity index (χ1v) is 7.66. The standard InChI is InChI=1S/C14H22O3S/c1-11(15)13(10-14(2,3)4)18(16,17)12-8-6-5-7-9-12/h5-9,11,13,15H,10H2,1-4H3/t11-,13+/m1/s1. The predicted octanol–water partition coefficient (Wildman–Crippen LogP) is 2.65. The summed E-state index contributed by atoms with van der Waals surface area (Å²) in [6.07, 6.45) is -0.448. The summed E-state index contributed by atoms with van der Waals surface area (Å²) in [5.41, 5.74) is -0.149. The monoisotopic (exact) mass is 270 g/mol. The van der Waals surface area contributed by atoms with Crippen LogP contribution in [0.4, 0.5) is 0 Å². The fourth-order valence-corrected chi connectivity index (χ4v) is 4.05. The predicted molar refractivity (Wildman–Crippen MR) is 73.2 cm³/mol. The van der Waals surface area contributed by atoms with E-state index in [1.165, 1.54) is 6.92 Å². The maximum Gasteiger partial charge on any atom is 0.183 e. The first kappa shape index (κ1) is 15.2. The van der Waals surface area contributed by atoms with Crippen molar-refractivity contribution in [1.29, 1.82) is 0 Å². The smallest absolute Gasteiger partial charge is 0.183 e. The average Bonchev–Trinajstić information content (AvgIpc) is 2.25. The molecule has 0 aliphatic rings. The lowest BCUT2D eigenvalue weighted by molar-refractivity contribution is 0.166. The highest BCUT2D eigenvalue weighted by molar-refractivity contribution is 7.92. The Morgan fingerprint density at radius 2 is 1.67 bits per heavy atom. The van der Waals surface area contributed by atoms with Gasteiger partial charge in [-0.15, -0.1) is 0 Å². The molecule has 0 spiro atoms. The molecule has 102 valence electrons. The third-order valence-corrected chi connectivity index (χ3v) is 5.11. The summed E-state index contributed by atoms with van der Waals surface area (Å²) in [5.74, 6) is 0. The fraction of sp³-hybridized carbons (Fsp3) is 0.571. The molecule has 3 nitrogen and oxygen atoms in total. The Hall–Kier alpha value is -0.870. The van der Waals surface area contributed by atoms with Gasteiger partial charge in [0.15, 0.2) is 9.84 Å². The SMILES string of the molecule is C[C@@H](O)[C@H](CC(C)(C)C)S(=O)(=O)c1ccccc1. The van der Waals surface area contributed by atoms with Gasteiger partial charge in [0.1, 0.15) is 0 Å². The first-order chi connectivity index (χ1) is 8.14. The molecule has 2 atom stereocenters. The number of hydrogen-bond acceptors (Lipinski definition) is 3. The van der Waals surface area contributed by atoms with Crippen molar-refractivity contribution in [2.75, 3.05) is 0 Å². The van der Waals surface area contributed by atoms with Crippen molar-refractivity contribution < 1.29 is 13.5 Å². The Bertz CT molecular complexity index is 470. The summed E-state index contributed by atoms with van der Waals surface area (Å²) < 4.78 is 25.0. The van der Waals surface area contributed by atoms with E-state index in [1.54, 1.807) is 30.3 Å². The molecule has 0 aliphatic carbocycles. The van der Waals surface area contributed by atoms with E-state index in [0.717, 1.165) is 0 Å². The largest absolute Gasteiger partial charge is 0.392 e. The lowest BCUT2D eigenvalue weighted by Gasteiger charge is -2.27. The highest BCUT2D eigenvalue weighted by atomic mass is 32.2. The Balaban J connectivity index is 3.14. The van der Waals surface area contributed by atoms with Crippen LogP contribution in [0.1, 0.15) is 34.1 Å². The zero-order chi connectivity index (χ0) is 14.0. The lowest BCUT2D eigenvalue weighted by Crippen LogP contribution is -2.35. The van der Waals surface area contributed by atoms with Gasteiger partial charge in [-0.05, 0) is 30.9 Å². The molecule has 0 amide bonds. The molecular weight excluding hydrogens is 248 g/mol. The van der Waals surface area contributed by atoms with E-state index in [-0.39, 0.29) is 10.3 Å². The molecule has 18 heavy (non-hydrogen) atoms. The minimum absolute atomic E-state index is 0.149. The van der Waals surface area contributed by atoms with Gasteiger partial charge in [-0.2, -0.15) is 0 Å². The maximum atomic E-state index is 12.5. The summed E-state index contributed by atoms with van der Waals surface area (Å²) in [6.45, 7) is 7.46. The van der Waals surface area contributed by atoms with Crippen LogP contribution in [0, 0.1) is 5.41 Å². The Morgan fingerprint density at radius 1 is 1.17 bits per heavy atom. The van der Waals surface area contributed by atoms with Gasteiger partial charge in [-0.25, -0.2) is 8.42 Å². The van der Waals surface area contributed by atoms with Crippen molar-refractivity contribution >= 4 is 9.84 Å². The summed E-state index contributed by atoms with van der Waals surface area (Å²) in [6, 6.07) is 8.33. The average molecular weight is 270 g/mol. The van der Waals surface area contributed by atoms with Gasteiger partial charge in [0, 0.05) is 0 Å². The highest BCUT2D eigenvalue weighted by Crippen LogP contribution is 2.29. The van der Waals surface area contributed by atoms with Crippen LogP contribution in [0.15, 0.2) is 35.2 Å². The summed E-state index contributed by atoms with van der Waals surface area (Å²) >= 11 is 0. The number of benzene rings is 1. The maximum absolute atomic E-state index is 12.5. The van der Waals surface area contributed by atoms with Crippen LogP contribution in [-0.4, -0.2) is 24.9 Å². The van der Waals surface area contributed by atoms with Crippen molar-refractivity contribution in [1.82, 2.24) is 0 Å². The Labute approximate surface area is 110 Å². The van der Waals surface area contributed by atoms with Crippen molar-refractivity contribution in [3.05, 3.63) is 30.3 Å². The normalized spacial score (nSPS) is 16.3. The second kappa shape index (κ2) is 5.41. The first-order valence-electron chi connectivity index (χ1n) is 6.11. The molecular formula is C14H22O3S. The van der Waals surface area contributed by atoms with Gasteiger partial charge in [0.2, 0.25) is 0 Å². The van der Waals surface area contributed by atoms with Crippen molar-refractivity contribution in [3.63, 3.8) is 0 Å². The van der Waals surface area contributed by atoms with Gasteiger partial charge in [0.05, 0.1) is 16.2 Å². The molecule has 1 aromatic rings. The summed E-state index contributed by atoms with van der Waals surface area (Å²) in [4.78, 5) is 0.278. The van der Waals surface area contributed by atoms with Gasteiger partial charge in [-0.3, -0.25) is 0 Å². The van der Waals surface area contributed by atoms with Crippen molar-refractivity contribution in [3.8, 4) is 0 Å². The van der Waals surface area contributed by atoms with E-state index >= 15 is 0 Å². The number of rotatable bonds is 4. The molecule has 0 aliphatic heterocycles. The number of aliphatic hydroxyl groups excluding tert-OH is 1. The molecule has 1 aromatic carbocycles. The quantitative estimate of drug-likeness (QED) is 0.915. The molecule has 4 heteroatoms. The van der Waals surface area contributed by atoms with E-state index in [4.69, 9.17) is 0 Å². The van der Waals surface area contributed by atoms with Crippen LogP contribution in [0.2, 0.25) is 0 Å². The molecule has 1 rings (SSSR count). The molecule has 0 fully saturated rings. The van der Waals surface area contributed by atoms with E-state index in [2.05, 4.69) is 0 Å². The van der Waals surface area contributed by atoms with Crippen LogP contribution in [0.25, 0.3) is 0 Å². The number of aliphatic hydroxyl groups is 1. The Morgan fingerprint density at radius 3 is 2.06 bits per heavy atom. The molecule has 0 heterocycles. The van der Waals surface area contributed by atoms with Crippen LogP contribution < -0.4 is 0 Å². The Kier molecular flexibility index (Phi) is 4.56. The molecule has 0 radical (unpaired) electrons. The molecule has 0 saturated heterocycles. The van der Waals surface area contributed by atoms with Gasteiger partial charge in [0.25, 0.3) is 0 Å². The molecule has 0 aromatic heterocycles. The van der Waals surface area contributed by atoms with Gasteiger partial charge < -0.3 is 5.11 Å². The lowest BCUT2D eigenvalue weighted by atomic mass is 9.89. The van der Waals surface area contributed by atoms with Crippen molar-refractivity contribution in [2.24, 2.45) is 5.41 Å².